The minimum absolute atomic E-state index is 0.0506. The number of nitrogens with one attached hydrogen (secondary N) is 2. The second-order valence-electron chi connectivity index (χ2n) is 5.81. The quantitative estimate of drug-likeness (QED) is 0.751. The molecule has 18 heavy (non-hydrogen) atoms. The summed E-state index contributed by atoms with van der Waals surface area (Å²) in [5.74, 6) is 0.768. The Morgan fingerprint density at radius 3 is 2.72 bits per heavy atom. The van der Waals surface area contributed by atoms with Crippen LogP contribution >= 0.6 is 0 Å². The Bertz CT molecular complexity index is 301. The molecule has 5 nitrogen and oxygen atoms in total. The Kier molecular flexibility index (Phi) is 3.70. The van der Waals surface area contributed by atoms with Gasteiger partial charge < -0.3 is 15.4 Å². The molecule has 2 saturated heterocycles. The van der Waals surface area contributed by atoms with Crippen LogP contribution in [0.4, 0.5) is 4.79 Å². The monoisotopic (exact) mass is 253 g/mol. The Balaban J connectivity index is 1.50. The number of ether oxygens (including phenoxy) is 1. The second-order valence-corrected chi connectivity index (χ2v) is 5.81. The highest BCUT2D eigenvalue weighted by atomic mass is 16.6. The van der Waals surface area contributed by atoms with Crippen molar-refractivity contribution in [2.75, 3.05) is 32.7 Å². The van der Waals surface area contributed by atoms with Crippen LogP contribution in [0.3, 0.4) is 0 Å². The van der Waals surface area contributed by atoms with E-state index in [0.29, 0.717) is 6.54 Å². The Hall–Kier alpha value is -0.810. The van der Waals surface area contributed by atoms with Crippen LogP contribution in [0, 0.1) is 5.92 Å². The van der Waals surface area contributed by atoms with E-state index in [1.165, 1.54) is 32.2 Å². The molecule has 2 heterocycles. The van der Waals surface area contributed by atoms with Gasteiger partial charge >= 0.3 is 6.09 Å². The minimum Gasteiger partial charge on any atom is -0.443 e. The number of nitrogens with zero attached hydrogens (tertiary/aromatic N) is 1. The van der Waals surface area contributed by atoms with Crippen LogP contribution in [-0.4, -0.2) is 55.9 Å². The predicted molar refractivity (Wildman–Crippen MR) is 68.5 cm³/mol. The molecule has 2 aliphatic heterocycles. The summed E-state index contributed by atoms with van der Waals surface area (Å²) >= 11 is 0. The van der Waals surface area contributed by atoms with Crippen LogP contribution in [0.5, 0.6) is 0 Å². The average Bonchev–Trinajstić information content (AvgIpc) is 3.15. The van der Waals surface area contributed by atoms with E-state index in [9.17, 15) is 4.79 Å². The zero-order valence-electron chi connectivity index (χ0n) is 10.9. The summed E-state index contributed by atoms with van der Waals surface area (Å²) in [6.07, 6.45) is 5.05. The van der Waals surface area contributed by atoms with Gasteiger partial charge in [-0.25, -0.2) is 4.79 Å². The Morgan fingerprint density at radius 1 is 1.22 bits per heavy atom. The van der Waals surface area contributed by atoms with Crippen LogP contribution < -0.4 is 10.6 Å². The molecule has 2 atom stereocenters. The van der Waals surface area contributed by atoms with Crippen LogP contribution in [-0.2, 0) is 4.74 Å². The molecule has 3 rings (SSSR count). The van der Waals surface area contributed by atoms with Gasteiger partial charge in [-0.1, -0.05) is 0 Å². The highest BCUT2D eigenvalue weighted by Crippen LogP contribution is 2.29. The molecule has 1 saturated carbocycles. The van der Waals surface area contributed by atoms with Gasteiger partial charge in [0.2, 0.25) is 0 Å². The van der Waals surface area contributed by atoms with E-state index in [4.69, 9.17) is 4.74 Å². The van der Waals surface area contributed by atoms with Crippen LogP contribution in [0.2, 0.25) is 0 Å². The third-order valence-corrected chi connectivity index (χ3v) is 4.14. The lowest BCUT2D eigenvalue weighted by molar-refractivity contribution is 0.0952. The van der Waals surface area contributed by atoms with Gasteiger partial charge in [-0.2, -0.15) is 0 Å². The van der Waals surface area contributed by atoms with Gasteiger partial charge in [0.25, 0.3) is 0 Å². The van der Waals surface area contributed by atoms with Crippen molar-refractivity contribution in [3.63, 3.8) is 0 Å². The van der Waals surface area contributed by atoms with Crippen LogP contribution in [0.15, 0.2) is 0 Å². The summed E-state index contributed by atoms with van der Waals surface area (Å²) < 4.78 is 5.25. The molecule has 0 bridgehead atoms. The largest absolute Gasteiger partial charge is 0.443 e. The van der Waals surface area contributed by atoms with Gasteiger partial charge in [0.1, 0.15) is 6.10 Å². The smallest absolute Gasteiger partial charge is 0.407 e. The van der Waals surface area contributed by atoms with Crippen molar-refractivity contribution < 1.29 is 9.53 Å². The van der Waals surface area contributed by atoms with E-state index in [1.54, 1.807) is 0 Å². The van der Waals surface area contributed by atoms with Gasteiger partial charge in [-0.3, -0.25) is 4.90 Å². The first-order valence-electron chi connectivity index (χ1n) is 7.20. The molecule has 0 radical (unpaired) electrons. The summed E-state index contributed by atoms with van der Waals surface area (Å²) in [5.41, 5.74) is 0. The zero-order chi connectivity index (χ0) is 12.4. The minimum atomic E-state index is -0.255. The number of rotatable bonds is 5. The Morgan fingerprint density at radius 2 is 2.11 bits per heavy atom. The fraction of sp³-hybridized carbons (Fsp3) is 0.923. The van der Waals surface area contributed by atoms with Crippen molar-refractivity contribution in [2.24, 2.45) is 5.92 Å². The SMILES string of the molecule is O=C1NCC(CN(CC2CCCNC2)C2CC2)O1. The fourth-order valence-electron chi connectivity index (χ4n) is 3.02. The predicted octanol–water partition coefficient (Wildman–Crippen LogP) is 0.559. The molecule has 0 aromatic heterocycles. The number of cyclic esters (lactones) is 1. The van der Waals surface area contributed by atoms with E-state index < -0.39 is 0 Å². The molecule has 1 amide bonds. The van der Waals surface area contributed by atoms with Gasteiger partial charge in [0.15, 0.2) is 0 Å². The number of carbonyl (C=O) groups is 1. The van der Waals surface area contributed by atoms with Crippen molar-refractivity contribution in [1.82, 2.24) is 15.5 Å². The van der Waals surface area contributed by atoms with Crippen molar-refractivity contribution in [1.29, 1.82) is 0 Å². The molecule has 2 N–H and O–H groups in total. The van der Waals surface area contributed by atoms with E-state index in [0.717, 1.165) is 31.6 Å². The maximum atomic E-state index is 11.0. The summed E-state index contributed by atoms with van der Waals surface area (Å²) in [4.78, 5) is 13.6. The van der Waals surface area contributed by atoms with Crippen molar-refractivity contribution in [3.8, 4) is 0 Å². The summed E-state index contributed by atoms with van der Waals surface area (Å²) in [6.45, 7) is 5.05. The first-order valence-corrected chi connectivity index (χ1v) is 7.20. The van der Waals surface area contributed by atoms with E-state index >= 15 is 0 Å². The number of hydrogen-bond acceptors (Lipinski definition) is 4. The normalized spacial score (nSPS) is 32.4. The van der Waals surface area contributed by atoms with Gasteiger partial charge in [0.05, 0.1) is 6.54 Å². The molecule has 2 unspecified atom stereocenters. The molecular formula is C13H23N3O2. The molecule has 102 valence electrons. The highest BCUT2D eigenvalue weighted by Gasteiger charge is 2.34. The lowest BCUT2D eigenvalue weighted by Crippen LogP contribution is -2.42. The second kappa shape index (κ2) is 5.45. The molecule has 0 aromatic carbocycles. The number of carbonyl (C=O) groups excluding carboxylic acids is 1. The standard InChI is InChI=1S/C13H23N3O2/c17-13-15-7-12(18-13)9-16(11-3-4-11)8-10-2-1-5-14-6-10/h10-12,14H,1-9H2,(H,15,17). The van der Waals surface area contributed by atoms with Crippen LogP contribution in [0.25, 0.3) is 0 Å². The molecule has 5 heteroatoms. The van der Waals surface area contributed by atoms with Crippen molar-refractivity contribution in [2.45, 2.75) is 37.8 Å². The lowest BCUT2D eigenvalue weighted by atomic mass is 9.99. The van der Waals surface area contributed by atoms with Gasteiger partial charge in [-0.15, -0.1) is 0 Å². The maximum absolute atomic E-state index is 11.0. The summed E-state index contributed by atoms with van der Waals surface area (Å²) in [5, 5.41) is 6.21. The third kappa shape index (κ3) is 3.14. The lowest BCUT2D eigenvalue weighted by Gasteiger charge is -2.31. The maximum Gasteiger partial charge on any atom is 0.407 e. The highest BCUT2D eigenvalue weighted by molar-refractivity contribution is 5.69. The number of hydrogen-bond donors (Lipinski definition) is 2. The number of piperidine rings is 1. The summed E-state index contributed by atoms with van der Waals surface area (Å²) in [6, 6.07) is 0.742. The van der Waals surface area contributed by atoms with E-state index in [2.05, 4.69) is 15.5 Å². The Labute approximate surface area is 108 Å². The molecule has 0 aromatic rings. The van der Waals surface area contributed by atoms with Gasteiger partial charge in [0, 0.05) is 19.1 Å². The summed E-state index contributed by atoms with van der Waals surface area (Å²) in [7, 11) is 0. The fourth-order valence-corrected chi connectivity index (χ4v) is 3.02. The molecule has 3 aliphatic rings. The number of alkyl carbamates (subject to hydrolysis) is 1. The molecule has 0 spiro atoms. The third-order valence-electron chi connectivity index (χ3n) is 4.14. The van der Waals surface area contributed by atoms with E-state index in [-0.39, 0.29) is 12.2 Å². The average molecular weight is 253 g/mol. The van der Waals surface area contributed by atoms with Crippen molar-refractivity contribution >= 4 is 6.09 Å². The molecule has 3 fully saturated rings. The molecule has 1 aliphatic carbocycles. The van der Waals surface area contributed by atoms with Crippen LogP contribution in [0.1, 0.15) is 25.7 Å². The first-order chi connectivity index (χ1) is 8.81. The zero-order valence-corrected chi connectivity index (χ0v) is 10.9. The number of amides is 1. The van der Waals surface area contributed by atoms with E-state index in [1.807, 2.05) is 0 Å². The van der Waals surface area contributed by atoms with Gasteiger partial charge in [-0.05, 0) is 44.7 Å². The molecular weight excluding hydrogens is 230 g/mol. The topological polar surface area (TPSA) is 53.6 Å². The van der Waals surface area contributed by atoms with Crippen molar-refractivity contribution in [3.05, 3.63) is 0 Å². The first kappa shape index (κ1) is 12.2.